The van der Waals surface area contributed by atoms with Crippen molar-refractivity contribution in [2.75, 3.05) is 24.5 Å². The van der Waals surface area contributed by atoms with Crippen LogP contribution in [0.25, 0.3) is 0 Å². The lowest BCUT2D eigenvalue weighted by atomic mass is 9.96. The summed E-state index contributed by atoms with van der Waals surface area (Å²) < 4.78 is 14.4. The summed E-state index contributed by atoms with van der Waals surface area (Å²) in [4.78, 5) is 34.0. The molecule has 3 aliphatic rings. The van der Waals surface area contributed by atoms with E-state index >= 15 is 0 Å². The summed E-state index contributed by atoms with van der Waals surface area (Å²) in [5.41, 5.74) is 3.28. The molecule has 0 radical (unpaired) electrons. The third-order valence-corrected chi connectivity index (χ3v) is 7.20. The zero-order chi connectivity index (χ0) is 22.5. The van der Waals surface area contributed by atoms with Crippen molar-refractivity contribution < 1.29 is 14.0 Å². The molecule has 2 unspecified atom stereocenters. The summed E-state index contributed by atoms with van der Waals surface area (Å²) >= 11 is 0. The Balaban J connectivity index is 1.41. The molecule has 0 saturated carbocycles. The highest BCUT2D eigenvalue weighted by Crippen LogP contribution is 2.37. The topological polar surface area (TPSA) is 53.5 Å². The van der Waals surface area contributed by atoms with Crippen LogP contribution in [0, 0.1) is 5.92 Å². The number of halogens is 1. The van der Waals surface area contributed by atoms with Gasteiger partial charge in [0.25, 0.3) is 5.91 Å². The number of carbonyl (C=O) groups is 2. The molecule has 0 N–H and O–H groups in total. The maximum atomic E-state index is 14.4. The first-order valence-corrected chi connectivity index (χ1v) is 11.8. The second-order valence-corrected chi connectivity index (χ2v) is 9.72. The normalized spacial score (nSPS) is 25.0. The molecule has 0 spiro atoms. The number of anilines is 2. The third-order valence-electron chi connectivity index (χ3n) is 7.20. The first-order valence-electron chi connectivity index (χ1n) is 11.8. The van der Waals surface area contributed by atoms with Crippen LogP contribution in [0.3, 0.4) is 0 Å². The number of rotatable bonds is 3. The van der Waals surface area contributed by atoms with Crippen molar-refractivity contribution >= 4 is 23.2 Å². The fourth-order valence-electron chi connectivity index (χ4n) is 5.45. The van der Waals surface area contributed by atoms with E-state index in [2.05, 4.69) is 22.9 Å². The van der Waals surface area contributed by atoms with Crippen LogP contribution in [-0.2, 0) is 12.8 Å². The van der Waals surface area contributed by atoms with Gasteiger partial charge >= 0.3 is 0 Å². The van der Waals surface area contributed by atoms with Crippen LogP contribution in [0.2, 0.25) is 0 Å². The van der Waals surface area contributed by atoms with Crippen LogP contribution < -0.4 is 4.90 Å². The Bertz CT molecular complexity index is 1080. The van der Waals surface area contributed by atoms with E-state index < -0.39 is 5.67 Å². The van der Waals surface area contributed by atoms with Gasteiger partial charge in [0.15, 0.2) is 5.78 Å². The van der Waals surface area contributed by atoms with E-state index in [1.54, 1.807) is 18.0 Å². The number of aromatic nitrogens is 1. The molecular weight excluding hydrogens is 405 g/mol. The number of benzene rings is 1. The van der Waals surface area contributed by atoms with Gasteiger partial charge in [-0.25, -0.2) is 9.37 Å². The van der Waals surface area contributed by atoms with Crippen molar-refractivity contribution in [3.63, 3.8) is 0 Å². The van der Waals surface area contributed by atoms with E-state index in [9.17, 15) is 14.0 Å². The Morgan fingerprint density at radius 1 is 1.22 bits per heavy atom. The maximum absolute atomic E-state index is 14.4. The van der Waals surface area contributed by atoms with Gasteiger partial charge in [-0.2, -0.15) is 0 Å². The summed E-state index contributed by atoms with van der Waals surface area (Å²) in [6, 6.07) is 8.04. The smallest absolute Gasteiger partial charge is 0.255 e. The lowest BCUT2D eigenvalue weighted by molar-refractivity contribution is 0.0417. The Morgan fingerprint density at radius 2 is 2.06 bits per heavy atom. The Kier molecular flexibility index (Phi) is 5.26. The minimum atomic E-state index is -1.32. The number of piperidine rings is 1. The highest BCUT2D eigenvalue weighted by Gasteiger charge is 2.34. The number of alkyl halides is 1. The number of carbonyl (C=O) groups excluding carboxylic acids is 2. The molecule has 1 aromatic heterocycles. The van der Waals surface area contributed by atoms with E-state index in [0.29, 0.717) is 24.9 Å². The van der Waals surface area contributed by atoms with E-state index in [1.165, 1.54) is 0 Å². The molecule has 1 aliphatic carbocycles. The van der Waals surface area contributed by atoms with Gasteiger partial charge in [0.1, 0.15) is 11.5 Å². The van der Waals surface area contributed by atoms with E-state index in [0.717, 1.165) is 60.4 Å². The third kappa shape index (κ3) is 3.70. The quantitative estimate of drug-likeness (QED) is 0.689. The van der Waals surface area contributed by atoms with Crippen molar-refractivity contribution in [1.29, 1.82) is 0 Å². The standard InChI is InChI=1S/C26H30FN3O2/c1-3-17-12-19-14-21(7-8-22(19)23(17)31)30-11-4-6-18-13-20(15-28-24(18)30)25(32)29-10-5-9-26(2,27)16-29/h7-8,13-15,17H,3-6,9-12,16H2,1-2H3. The molecule has 6 heteroatoms. The number of amides is 1. The maximum Gasteiger partial charge on any atom is 0.255 e. The Hall–Kier alpha value is -2.76. The van der Waals surface area contributed by atoms with Crippen molar-refractivity contribution in [2.45, 2.75) is 58.0 Å². The van der Waals surface area contributed by atoms with Gasteiger partial charge in [0, 0.05) is 36.5 Å². The molecule has 5 nitrogen and oxygen atoms in total. The molecule has 3 heterocycles. The molecule has 1 amide bonds. The average molecular weight is 436 g/mol. The summed E-state index contributed by atoms with van der Waals surface area (Å²) in [6.45, 7) is 5.22. The highest BCUT2D eigenvalue weighted by atomic mass is 19.1. The van der Waals surface area contributed by atoms with Crippen LogP contribution in [0.5, 0.6) is 0 Å². The van der Waals surface area contributed by atoms with Gasteiger partial charge in [-0.3, -0.25) is 9.59 Å². The number of fused-ring (bicyclic) bond motifs is 2. The number of pyridine rings is 1. The minimum Gasteiger partial charge on any atom is -0.335 e. The van der Waals surface area contributed by atoms with Crippen molar-refractivity contribution in [1.82, 2.24) is 9.88 Å². The lowest BCUT2D eigenvalue weighted by Gasteiger charge is -2.35. The number of Topliss-reactive ketones (excluding diaryl/α,β-unsaturated/α-hetero) is 1. The Morgan fingerprint density at radius 3 is 2.84 bits per heavy atom. The molecule has 5 rings (SSSR count). The molecule has 1 aromatic carbocycles. The molecule has 168 valence electrons. The molecule has 2 atom stereocenters. The largest absolute Gasteiger partial charge is 0.335 e. The molecule has 0 bridgehead atoms. The second-order valence-electron chi connectivity index (χ2n) is 9.72. The van der Waals surface area contributed by atoms with Crippen LogP contribution in [-0.4, -0.2) is 46.9 Å². The number of hydrogen-bond acceptors (Lipinski definition) is 4. The fraction of sp³-hybridized carbons (Fsp3) is 0.500. The van der Waals surface area contributed by atoms with Gasteiger partial charge in [-0.05, 0) is 80.8 Å². The second kappa shape index (κ2) is 7.98. The number of nitrogens with zero attached hydrogens (tertiary/aromatic N) is 3. The number of likely N-dealkylation sites (tertiary alicyclic amines) is 1. The van der Waals surface area contributed by atoms with E-state index in [4.69, 9.17) is 0 Å². The monoisotopic (exact) mass is 435 g/mol. The van der Waals surface area contributed by atoms with E-state index in [-0.39, 0.29) is 24.2 Å². The predicted octanol–water partition coefficient (Wildman–Crippen LogP) is 4.90. The molecule has 32 heavy (non-hydrogen) atoms. The van der Waals surface area contributed by atoms with Crippen molar-refractivity contribution in [2.24, 2.45) is 5.92 Å². The number of ketones is 1. The zero-order valence-corrected chi connectivity index (χ0v) is 18.9. The van der Waals surface area contributed by atoms with Gasteiger partial charge < -0.3 is 9.80 Å². The lowest BCUT2D eigenvalue weighted by Crippen LogP contribution is -2.46. The van der Waals surface area contributed by atoms with Crippen LogP contribution in [0.4, 0.5) is 15.9 Å². The predicted molar refractivity (Wildman–Crippen MR) is 122 cm³/mol. The van der Waals surface area contributed by atoms with Crippen LogP contribution >= 0.6 is 0 Å². The highest BCUT2D eigenvalue weighted by molar-refractivity contribution is 6.02. The summed E-state index contributed by atoms with van der Waals surface area (Å²) in [7, 11) is 0. The summed E-state index contributed by atoms with van der Waals surface area (Å²) in [6.07, 6.45) is 6.32. The summed E-state index contributed by atoms with van der Waals surface area (Å²) in [5, 5.41) is 0. The van der Waals surface area contributed by atoms with Crippen molar-refractivity contribution in [3.8, 4) is 0 Å². The molecule has 1 fully saturated rings. The average Bonchev–Trinajstić information content (AvgIpc) is 3.12. The zero-order valence-electron chi connectivity index (χ0n) is 18.9. The van der Waals surface area contributed by atoms with E-state index in [1.807, 2.05) is 18.2 Å². The molecule has 2 aliphatic heterocycles. The molecular formula is C26H30FN3O2. The summed E-state index contributed by atoms with van der Waals surface area (Å²) in [5.74, 6) is 1.10. The first kappa shape index (κ1) is 21.1. The molecule has 2 aromatic rings. The van der Waals surface area contributed by atoms with Gasteiger partial charge in [-0.1, -0.05) is 6.92 Å². The Labute approximate surface area is 188 Å². The minimum absolute atomic E-state index is 0.0987. The fourth-order valence-corrected chi connectivity index (χ4v) is 5.45. The number of hydrogen-bond donors (Lipinski definition) is 0. The SMILES string of the molecule is CCC1Cc2cc(N3CCCc4cc(C(=O)N5CCCC(C)(F)C5)cnc43)ccc2C1=O. The van der Waals surface area contributed by atoms with Crippen LogP contribution in [0.15, 0.2) is 30.5 Å². The van der Waals surface area contributed by atoms with Crippen molar-refractivity contribution in [3.05, 3.63) is 52.7 Å². The van der Waals surface area contributed by atoms with Gasteiger partial charge in [0.2, 0.25) is 0 Å². The number of aryl methyl sites for hydroxylation is 1. The first-order chi connectivity index (χ1) is 15.4. The molecule has 1 saturated heterocycles. The van der Waals surface area contributed by atoms with Gasteiger partial charge in [0.05, 0.1) is 12.1 Å². The van der Waals surface area contributed by atoms with Gasteiger partial charge in [-0.15, -0.1) is 0 Å². The van der Waals surface area contributed by atoms with Crippen LogP contribution in [0.1, 0.15) is 71.4 Å².